The van der Waals surface area contributed by atoms with Crippen LogP contribution in [0.2, 0.25) is 0 Å². The lowest BCUT2D eigenvalue weighted by Crippen LogP contribution is -2.21. The number of aliphatic hydroxyl groups is 1. The van der Waals surface area contributed by atoms with E-state index in [-0.39, 0.29) is 12.5 Å². The highest BCUT2D eigenvalue weighted by atomic mass is 79.9. The topological polar surface area (TPSA) is 66.8 Å². The third-order valence-corrected chi connectivity index (χ3v) is 4.08. The maximum atomic E-state index is 11.2. The van der Waals surface area contributed by atoms with Crippen LogP contribution in [0.5, 0.6) is 5.75 Å². The molecule has 5 heteroatoms. The maximum Gasteiger partial charge on any atom is 0.312 e. The smallest absolute Gasteiger partial charge is 0.312 e. The van der Waals surface area contributed by atoms with Crippen LogP contribution < -0.4 is 4.74 Å². The van der Waals surface area contributed by atoms with Crippen molar-refractivity contribution < 1.29 is 19.7 Å². The van der Waals surface area contributed by atoms with E-state index in [4.69, 9.17) is 9.84 Å². The molecular formula is C12H13BrO4. The van der Waals surface area contributed by atoms with Crippen LogP contribution in [0.25, 0.3) is 0 Å². The first-order valence-electron chi connectivity index (χ1n) is 5.23. The minimum atomic E-state index is -1.02. The molecule has 0 radical (unpaired) electrons. The zero-order valence-corrected chi connectivity index (χ0v) is 10.9. The summed E-state index contributed by atoms with van der Waals surface area (Å²) in [5, 5.41) is 18.4. The summed E-state index contributed by atoms with van der Waals surface area (Å²) in [4.78, 5) is 11.2. The number of halogens is 1. The van der Waals surface area contributed by atoms with Crippen molar-refractivity contribution in [3.63, 3.8) is 0 Å². The maximum absolute atomic E-state index is 11.2. The molecule has 2 atom stereocenters. The van der Waals surface area contributed by atoms with Crippen molar-refractivity contribution in [2.24, 2.45) is 5.41 Å². The average Bonchev–Trinajstić information content (AvgIpc) is 3.05. The molecule has 0 amide bonds. The fourth-order valence-electron chi connectivity index (χ4n) is 2.11. The van der Waals surface area contributed by atoms with Gasteiger partial charge in [-0.05, 0) is 30.2 Å². The number of hydrogen-bond donors (Lipinski definition) is 2. The lowest BCUT2D eigenvalue weighted by molar-refractivity contribution is -0.145. The van der Waals surface area contributed by atoms with Gasteiger partial charge in [0, 0.05) is 10.4 Å². The molecule has 1 fully saturated rings. The molecule has 92 valence electrons. The summed E-state index contributed by atoms with van der Waals surface area (Å²) in [6.45, 7) is -0.337. The summed E-state index contributed by atoms with van der Waals surface area (Å²) in [5.41, 5.74) is -0.143. The number of hydrogen-bond acceptors (Lipinski definition) is 3. The van der Waals surface area contributed by atoms with Gasteiger partial charge in [0.05, 0.1) is 19.1 Å². The Labute approximate surface area is 107 Å². The van der Waals surface area contributed by atoms with Gasteiger partial charge in [-0.3, -0.25) is 4.79 Å². The lowest BCUT2D eigenvalue weighted by atomic mass is 10.00. The zero-order valence-electron chi connectivity index (χ0n) is 9.31. The molecule has 0 spiro atoms. The minimum Gasteiger partial charge on any atom is -0.497 e. The third kappa shape index (κ3) is 1.93. The number of rotatable bonds is 4. The van der Waals surface area contributed by atoms with Crippen LogP contribution in [0.3, 0.4) is 0 Å². The molecule has 1 aliphatic rings. The number of carboxylic acids is 1. The van der Waals surface area contributed by atoms with Gasteiger partial charge < -0.3 is 14.9 Å². The van der Waals surface area contributed by atoms with E-state index in [0.717, 1.165) is 10.0 Å². The van der Waals surface area contributed by atoms with Crippen molar-refractivity contribution >= 4 is 21.9 Å². The van der Waals surface area contributed by atoms with Gasteiger partial charge in [0.1, 0.15) is 5.75 Å². The molecule has 0 heterocycles. The molecule has 0 aromatic heterocycles. The molecule has 0 aliphatic heterocycles. The highest BCUT2D eigenvalue weighted by Gasteiger charge is 2.61. The van der Waals surface area contributed by atoms with E-state index >= 15 is 0 Å². The van der Waals surface area contributed by atoms with Gasteiger partial charge in [0.25, 0.3) is 0 Å². The van der Waals surface area contributed by atoms with Gasteiger partial charge in [0.15, 0.2) is 0 Å². The monoisotopic (exact) mass is 300 g/mol. The van der Waals surface area contributed by atoms with Gasteiger partial charge >= 0.3 is 5.97 Å². The zero-order chi connectivity index (χ0) is 12.6. The molecule has 0 saturated heterocycles. The summed E-state index contributed by atoms with van der Waals surface area (Å²) < 4.78 is 5.97. The van der Waals surface area contributed by atoms with E-state index in [0.29, 0.717) is 12.2 Å². The van der Waals surface area contributed by atoms with Crippen molar-refractivity contribution in [2.75, 3.05) is 13.7 Å². The molecule has 4 nitrogen and oxygen atoms in total. The summed E-state index contributed by atoms with van der Waals surface area (Å²) in [6, 6.07) is 5.45. The van der Waals surface area contributed by atoms with Crippen molar-refractivity contribution in [1.29, 1.82) is 0 Å². The Hall–Kier alpha value is -1.07. The van der Waals surface area contributed by atoms with Crippen molar-refractivity contribution in [2.45, 2.75) is 12.3 Å². The Balaban J connectivity index is 2.34. The van der Waals surface area contributed by atoms with E-state index in [1.54, 1.807) is 13.2 Å². The predicted molar refractivity (Wildman–Crippen MR) is 65.2 cm³/mol. The first kappa shape index (κ1) is 12.4. The molecule has 2 N–H and O–H groups in total. The molecule has 17 heavy (non-hydrogen) atoms. The number of benzene rings is 1. The van der Waals surface area contributed by atoms with Gasteiger partial charge in [-0.2, -0.15) is 0 Å². The molecule has 1 saturated carbocycles. The third-order valence-electron chi connectivity index (χ3n) is 3.36. The van der Waals surface area contributed by atoms with Crippen LogP contribution >= 0.6 is 15.9 Å². The van der Waals surface area contributed by atoms with Crippen molar-refractivity contribution in [1.82, 2.24) is 0 Å². The van der Waals surface area contributed by atoms with Crippen LogP contribution in [0, 0.1) is 5.41 Å². The number of ether oxygens (including phenoxy) is 1. The van der Waals surface area contributed by atoms with Crippen molar-refractivity contribution in [3.8, 4) is 5.75 Å². The molecule has 0 bridgehead atoms. The van der Waals surface area contributed by atoms with E-state index in [2.05, 4.69) is 15.9 Å². The highest BCUT2D eigenvalue weighted by Crippen LogP contribution is 2.60. The van der Waals surface area contributed by atoms with Crippen LogP contribution in [0.15, 0.2) is 22.7 Å². The average molecular weight is 301 g/mol. The summed E-state index contributed by atoms with van der Waals surface area (Å²) in [5.74, 6) is -0.415. The second kappa shape index (κ2) is 4.31. The van der Waals surface area contributed by atoms with Gasteiger partial charge in [0.2, 0.25) is 0 Å². The fourth-order valence-corrected chi connectivity index (χ4v) is 2.63. The van der Waals surface area contributed by atoms with Crippen molar-refractivity contribution in [3.05, 3.63) is 28.2 Å². The van der Waals surface area contributed by atoms with Crippen LogP contribution in [0.4, 0.5) is 0 Å². The fraction of sp³-hybridized carbons (Fsp3) is 0.417. The SMILES string of the molecule is COc1ccc(Br)c([C@@H]2C[C@@]2(CO)C(=O)O)c1. The number of methoxy groups -OCH3 is 1. The standard InChI is InChI=1S/C12H13BrO4/c1-17-7-2-3-10(13)8(4-7)9-5-12(9,6-14)11(15)16/h2-4,9,14H,5-6H2,1H3,(H,15,16)/t9-,12-/m0/s1. The van der Waals surface area contributed by atoms with Gasteiger partial charge in [-0.15, -0.1) is 0 Å². The normalized spacial score (nSPS) is 26.6. The Morgan fingerprint density at radius 2 is 2.35 bits per heavy atom. The minimum absolute atomic E-state index is 0.158. The lowest BCUT2D eigenvalue weighted by Gasteiger charge is -2.11. The molecular weight excluding hydrogens is 288 g/mol. The van der Waals surface area contributed by atoms with Gasteiger partial charge in [-0.25, -0.2) is 0 Å². The molecule has 1 aromatic rings. The second-order valence-electron chi connectivity index (χ2n) is 4.26. The number of aliphatic hydroxyl groups excluding tert-OH is 1. The Kier molecular flexibility index (Phi) is 3.14. The van der Waals surface area contributed by atoms with Crippen LogP contribution in [-0.4, -0.2) is 29.9 Å². The number of carbonyl (C=O) groups is 1. The summed E-state index contributed by atoms with van der Waals surface area (Å²) >= 11 is 3.40. The first-order chi connectivity index (χ1) is 8.05. The Morgan fingerprint density at radius 3 is 2.82 bits per heavy atom. The molecule has 0 unspecified atom stereocenters. The van der Waals surface area contributed by atoms with E-state index in [9.17, 15) is 9.90 Å². The first-order valence-corrected chi connectivity index (χ1v) is 6.02. The van der Waals surface area contributed by atoms with Crippen LogP contribution in [0.1, 0.15) is 17.9 Å². The highest BCUT2D eigenvalue weighted by molar-refractivity contribution is 9.10. The molecule has 1 aromatic carbocycles. The second-order valence-corrected chi connectivity index (χ2v) is 5.12. The van der Waals surface area contributed by atoms with E-state index in [1.807, 2.05) is 12.1 Å². The van der Waals surface area contributed by atoms with E-state index < -0.39 is 11.4 Å². The number of carboxylic acid groups (broad SMARTS) is 1. The Bertz CT molecular complexity index is 460. The largest absolute Gasteiger partial charge is 0.497 e. The summed E-state index contributed by atoms with van der Waals surface area (Å²) in [7, 11) is 1.57. The quantitative estimate of drug-likeness (QED) is 0.893. The summed E-state index contributed by atoms with van der Waals surface area (Å²) in [6.07, 6.45) is 0.463. The molecule has 1 aliphatic carbocycles. The van der Waals surface area contributed by atoms with Gasteiger partial charge in [-0.1, -0.05) is 15.9 Å². The molecule has 2 rings (SSSR count). The van der Waals surface area contributed by atoms with Crippen LogP contribution in [-0.2, 0) is 4.79 Å². The van der Waals surface area contributed by atoms with E-state index in [1.165, 1.54) is 0 Å². The number of aliphatic carboxylic acids is 1. The predicted octanol–water partition coefficient (Wildman–Crippen LogP) is 2.01. The Morgan fingerprint density at radius 1 is 1.65 bits per heavy atom.